The van der Waals surface area contributed by atoms with Gasteiger partial charge in [-0.05, 0) is 91.4 Å². The van der Waals surface area contributed by atoms with E-state index < -0.39 is 11.7 Å². The van der Waals surface area contributed by atoms with Gasteiger partial charge in [-0.1, -0.05) is 24.3 Å². The van der Waals surface area contributed by atoms with Crippen LogP contribution >= 0.6 is 0 Å². The number of carbonyl (C=O) groups excluding carboxylic acids is 1. The van der Waals surface area contributed by atoms with E-state index in [1.165, 1.54) is 50.3 Å². The van der Waals surface area contributed by atoms with E-state index in [9.17, 15) is 14.7 Å². The van der Waals surface area contributed by atoms with Gasteiger partial charge in [0.1, 0.15) is 6.09 Å². The van der Waals surface area contributed by atoms with Crippen molar-refractivity contribution in [1.82, 2.24) is 4.57 Å². The zero-order valence-electron chi connectivity index (χ0n) is 15.6. The first-order chi connectivity index (χ1) is 12.9. The third-order valence-electron chi connectivity index (χ3n) is 7.38. The van der Waals surface area contributed by atoms with Crippen LogP contribution < -0.4 is 10.7 Å². The lowest BCUT2D eigenvalue weighted by Crippen LogP contribution is -2.48. The summed E-state index contributed by atoms with van der Waals surface area (Å²) in [5.41, 5.74) is 3.46. The Kier molecular flexibility index (Phi) is 3.62. The SMILES string of the molecule is Cc1c(-c2ccc(C34CC5CC(CC(C5)C3)C4)cc2)ccn(C(=O)[O-])c1=O. The van der Waals surface area contributed by atoms with E-state index in [-0.39, 0.29) is 0 Å². The van der Waals surface area contributed by atoms with Gasteiger partial charge in [-0.15, -0.1) is 0 Å². The quantitative estimate of drug-likeness (QED) is 0.822. The van der Waals surface area contributed by atoms with Crippen molar-refractivity contribution in [3.05, 3.63) is 58.0 Å². The number of rotatable bonds is 2. The molecule has 0 saturated heterocycles. The van der Waals surface area contributed by atoms with Crippen LogP contribution in [0.25, 0.3) is 11.1 Å². The van der Waals surface area contributed by atoms with Crippen molar-refractivity contribution < 1.29 is 9.90 Å². The fraction of sp³-hybridized carbons (Fsp3) is 0.478. The highest BCUT2D eigenvalue weighted by Gasteiger charge is 2.51. The van der Waals surface area contributed by atoms with Crippen molar-refractivity contribution >= 4 is 6.09 Å². The minimum atomic E-state index is -1.49. The molecule has 4 heteroatoms. The molecule has 0 unspecified atom stereocenters. The molecule has 0 N–H and O–H groups in total. The van der Waals surface area contributed by atoms with Gasteiger partial charge < -0.3 is 9.90 Å². The molecule has 2 aromatic rings. The molecule has 4 fully saturated rings. The van der Waals surface area contributed by atoms with Crippen molar-refractivity contribution in [1.29, 1.82) is 0 Å². The van der Waals surface area contributed by atoms with E-state index in [0.29, 0.717) is 15.5 Å². The highest BCUT2D eigenvalue weighted by molar-refractivity contribution is 5.71. The van der Waals surface area contributed by atoms with Gasteiger partial charge in [0.05, 0.1) is 0 Å². The van der Waals surface area contributed by atoms with Crippen LogP contribution in [0.5, 0.6) is 0 Å². The molecular formula is C23H24NO3-. The molecule has 1 aromatic heterocycles. The molecule has 4 bridgehead atoms. The monoisotopic (exact) mass is 362 g/mol. The lowest BCUT2D eigenvalue weighted by atomic mass is 9.48. The summed E-state index contributed by atoms with van der Waals surface area (Å²) in [5, 5.41) is 11.0. The Morgan fingerprint density at radius 2 is 1.56 bits per heavy atom. The van der Waals surface area contributed by atoms with Gasteiger partial charge in [0.2, 0.25) is 0 Å². The molecular weight excluding hydrogens is 338 g/mol. The van der Waals surface area contributed by atoms with Crippen LogP contribution in [0.2, 0.25) is 0 Å². The molecule has 0 amide bonds. The second-order valence-corrected chi connectivity index (χ2v) is 9.07. The fourth-order valence-electron chi connectivity index (χ4n) is 6.56. The summed E-state index contributed by atoms with van der Waals surface area (Å²) in [5.74, 6) is 2.74. The number of aromatic nitrogens is 1. The van der Waals surface area contributed by atoms with Crippen molar-refractivity contribution in [3.8, 4) is 11.1 Å². The minimum absolute atomic E-state index is 0.362. The summed E-state index contributed by atoms with van der Waals surface area (Å²) in [4.78, 5) is 23.3. The Bertz CT molecular complexity index is 935. The maximum atomic E-state index is 12.2. The molecule has 0 atom stereocenters. The number of hydrogen-bond acceptors (Lipinski definition) is 3. The Morgan fingerprint density at radius 3 is 2.07 bits per heavy atom. The minimum Gasteiger partial charge on any atom is -0.529 e. The molecule has 4 nitrogen and oxygen atoms in total. The molecule has 0 spiro atoms. The zero-order valence-corrected chi connectivity index (χ0v) is 15.6. The summed E-state index contributed by atoms with van der Waals surface area (Å²) in [6, 6.07) is 10.4. The topological polar surface area (TPSA) is 62.1 Å². The maximum Gasteiger partial charge on any atom is 0.259 e. The van der Waals surface area contributed by atoms with Gasteiger partial charge in [0.25, 0.3) is 5.56 Å². The molecule has 1 heterocycles. The van der Waals surface area contributed by atoms with Crippen LogP contribution in [0.4, 0.5) is 4.79 Å². The van der Waals surface area contributed by atoms with E-state index in [0.717, 1.165) is 28.9 Å². The van der Waals surface area contributed by atoms with Crippen LogP contribution in [-0.2, 0) is 5.41 Å². The van der Waals surface area contributed by atoms with Gasteiger partial charge in [-0.25, -0.2) is 0 Å². The van der Waals surface area contributed by atoms with E-state index in [1.807, 2.05) is 0 Å². The molecule has 0 radical (unpaired) electrons. The number of benzene rings is 1. The fourth-order valence-corrected chi connectivity index (χ4v) is 6.56. The third kappa shape index (κ3) is 2.57. The molecule has 27 heavy (non-hydrogen) atoms. The Labute approximate surface area is 158 Å². The van der Waals surface area contributed by atoms with Crippen molar-refractivity contribution in [3.63, 3.8) is 0 Å². The molecule has 140 valence electrons. The average molecular weight is 362 g/mol. The highest BCUT2D eigenvalue weighted by Crippen LogP contribution is 2.60. The van der Waals surface area contributed by atoms with Gasteiger partial charge in [-0.3, -0.25) is 9.36 Å². The largest absolute Gasteiger partial charge is 0.529 e. The number of nitrogens with zero attached hydrogens (tertiary/aromatic N) is 1. The predicted molar refractivity (Wildman–Crippen MR) is 102 cm³/mol. The van der Waals surface area contributed by atoms with Crippen LogP contribution in [0.3, 0.4) is 0 Å². The standard InChI is InChI=1S/C23H25NO3/c1-14-20(6-7-24(21(14)25)22(26)27)18-2-4-19(5-3-18)23-11-15-8-16(12-23)10-17(9-15)13-23/h2-7,15-17H,8-13H2,1H3,(H,26,27)/p-1. The van der Waals surface area contributed by atoms with Crippen LogP contribution in [0, 0.1) is 24.7 Å². The molecule has 4 saturated carbocycles. The van der Waals surface area contributed by atoms with Crippen molar-refractivity contribution in [2.24, 2.45) is 17.8 Å². The summed E-state index contributed by atoms with van der Waals surface area (Å²) in [7, 11) is 0. The van der Waals surface area contributed by atoms with Crippen molar-refractivity contribution in [2.45, 2.75) is 50.9 Å². The zero-order chi connectivity index (χ0) is 18.8. The smallest absolute Gasteiger partial charge is 0.259 e. The normalized spacial score (nSPS) is 31.2. The Morgan fingerprint density at radius 1 is 1.00 bits per heavy atom. The van der Waals surface area contributed by atoms with Gasteiger partial charge in [0, 0.05) is 11.8 Å². The molecule has 6 rings (SSSR count). The Hall–Kier alpha value is -2.36. The Balaban J connectivity index is 1.49. The predicted octanol–water partition coefficient (Wildman–Crippen LogP) is 3.48. The molecule has 4 aliphatic rings. The average Bonchev–Trinajstić information content (AvgIpc) is 2.63. The first kappa shape index (κ1) is 16.8. The second-order valence-electron chi connectivity index (χ2n) is 9.07. The molecule has 1 aromatic carbocycles. The maximum absolute atomic E-state index is 12.2. The first-order valence-corrected chi connectivity index (χ1v) is 10.00. The van der Waals surface area contributed by atoms with Gasteiger partial charge in [-0.2, -0.15) is 0 Å². The molecule has 0 aliphatic heterocycles. The summed E-state index contributed by atoms with van der Waals surface area (Å²) in [6.45, 7) is 1.67. The van der Waals surface area contributed by atoms with Crippen molar-refractivity contribution in [2.75, 3.05) is 0 Å². The third-order valence-corrected chi connectivity index (χ3v) is 7.38. The lowest BCUT2D eigenvalue weighted by Gasteiger charge is -2.57. The van der Waals surface area contributed by atoms with Gasteiger partial charge in [0.15, 0.2) is 0 Å². The molecule has 4 aliphatic carbocycles. The van der Waals surface area contributed by atoms with Crippen LogP contribution in [0.15, 0.2) is 41.3 Å². The lowest BCUT2D eigenvalue weighted by molar-refractivity contribution is -0.250. The number of pyridine rings is 1. The van der Waals surface area contributed by atoms with Gasteiger partial charge >= 0.3 is 0 Å². The first-order valence-electron chi connectivity index (χ1n) is 10.00. The van der Waals surface area contributed by atoms with Crippen LogP contribution in [0.1, 0.15) is 49.7 Å². The van der Waals surface area contributed by atoms with E-state index in [4.69, 9.17) is 0 Å². The summed E-state index contributed by atoms with van der Waals surface area (Å²) < 4.78 is 0.628. The second kappa shape index (κ2) is 5.82. The number of carboxylic acid groups (broad SMARTS) is 1. The number of hydrogen-bond donors (Lipinski definition) is 0. The van der Waals surface area contributed by atoms with E-state index >= 15 is 0 Å². The summed E-state index contributed by atoms with van der Waals surface area (Å²) in [6.07, 6.45) is 8.10. The van der Waals surface area contributed by atoms with Crippen LogP contribution in [-0.4, -0.2) is 10.7 Å². The summed E-state index contributed by atoms with van der Waals surface area (Å²) >= 11 is 0. The highest BCUT2D eigenvalue weighted by atomic mass is 16.4. The van der Waals surface area contributed by atoms with E-state index in [2.05, 4.69) is 24.3 Å². The van der Waals surface area contributed by atoms with E-state index in [1.54, 1.807) is 13.0 Å². The number of carbonyl (C=O) groups is 1.